The fourth-order valence-electron chi connectivity index (χ4n) is 4.89. The second kappa shape index (κ2) is 9.74. The average Bonchev–Trinajstić information content (AvgIpc) is 3.13. The predicted molar refractivity (Wildman–Crippen MR) is 125 cm³/mol. The van der Waals surface area contributed by atoms with Crippen molar-refractivity contribution in [2.75, 3.05) is 20.3 Å². The summed E-state index contributed by atoms with van der Waals surface area (Å²) >= 11 is 0. The minimum absolute atomic E-state index is 0.206. The maximum Gasteiger partial charge on any atom is 0.333 e. The third-order valence-electron chi connectivity index (χ3n) is 6.87. The number of likely N-dealkylation sites (tertiary alicyclic amines) is 1. The number of nitrogens with zero attached hydrogens (tertiary/aromatic N) is 1. The molecule has 0 spiro atoms. The number of esters is 1. The van der Waals surface area contributed by atoms with Gasteiger partial charge in [0.1, 0.15) is 12.2 Å². The molecule has 0 aliphatic carbocycles. The summed E-state index contributed by atoms with van der Waals surface area (Å²) in [5.41, 5.74) is 0.577. The lowest BCUT2D eigenvalue weighted by Crippen LogP contribution is -2.55. The van der Waals surface area contributed by atoms with Gasteiger partial charge in [-0.3, -0.25) is 0 Å². The van der Waals surface area contributed by atoms with Gasteiger partial charge in [0.05, 0.1) is 17.3 Å². The van der Waals surface area contributed by atoms with Gasteiger partial charge in [0.2, 0.25) is 0 Å². The van der Waals surface area contributed by atoms with Gasteiger partial charge in [-0.1, -0.05) is 54.3 Å². The Morgan fingerprint density at radius 3 is 2.33 bits per heavy atom. The van der Waals surface area contributed by atoms with Crippen molar-refractivity contribution in [1.29, 1.82) is 0 Å². The summed E-state index contributed by atoms with van der Waals surface area (Å²) < 4.78 is 18.5. The monoisotopic (exact) mass is 439 g/mol. The molecule has 0 radical (unpaired) electrons. The molecule has 0 unspecified atom stereocenters. The van der Waals surface area contributed by atoms with Gasteiger partial charge in [-0.2, -0.15) is 0 Å². The van der Waals surface area contributed by atoms with Crippen LogP contribution in [0.3, 0.4) is 0 Å². The van der Waals surface area contributed by atoms with Crippen molar-refractivity contribution in [2.45, 2.75) is 110 Å². The molecule has 2 aliphatic heterocycles. The zero-order chi connectivity index (χ0) is 22.7. The van der Waals surface area contributed by atoms with Gasteiger partial charge in [0.15, 0.2) is 0 Å². The molecule has 0 saturated carbocycles. The summed E-state index contributed by atoms with van der Waals surface area (Å²) in [4.78, 5) is 15.0. The molecule has 30 heavy (non-hydrogen) atoms. The van der Waals surface area contributed by atoms with E-state index < -0.39 is 8.07 Å². The molecule has 174 valence electrons. The van der Waals surface area contributed by atoms with Crippen LogP contribution in [0.4, 0.5) is 0 Å². The van der Waals surface area contributed by atoms with Crippen LogP contribution in [-0.2, 0) is 19.0 Å². The lowest BCUT2D eigenvalue weighted by Gasteiger charge is -2.47. The minimum atomic E-state index is -1.22. The number of ether oxygens (including phenoxy) is 3. The first-order valence-corrected chi connectivity index (χ1v) is 15.4. The van der Waals surface area contributed by atoms with Crippen molar-refractivity contribution >= 4 is 14.0 Å². The van der Waals surface area contributed by atoms with Crippen LogP contribution < -0.4 is 0 Å². The van der Waals surface area contributed by atoms with E-state index in [0.717, 1.165) is 44.0 Å². The van der Waals surface area contributed by atoms with Crippen molar-refractivity contribution in [1.82, 2.24) is 4.90 Å². The van der Waals surface area contributed by atoms with Crippen molar-refractivity contribution in [3.63, 3.8) is 0 Å². The molecule has 0 aromatic heterocycles. The maximum atomic E-state index is 12.6. The Morgan fingerprint density at radius 1 is 1.20 bits per heavy atom. The van der Waals surface area contributed by atoms with E-state index in [1.54, 1.807) is 6.08 Å². The molecule has 0 N–H and O–H groups in total. The second-order valence-electron chi connectivity index (χ2n) is 11.2. The van der Waals surface area contributed by atoms with Crippen molar-refractivity contribution < 1.29 is 19.0 Å². The molecule has 0 aromatic rings. The Labute approximate surface area is 185 Å². The Kier molecular flexibility index (Phi) is 8.25. The summed E-state index contributed by atoms with van der Waals surface area (Å²) in [5.74, 6) is -0.253. The first-order chi connectivity index (χ1) is 13.9. The van der Waals surface area contributed by atoms with Gasteiger partial charge < -0.3 is 19.1 Å². The first-order valence-electron chi connectivity index (χ1n) is 11.7. The third-order valence-corrected chi connectivity index (χ3v) is 8.58. The maximum absolute atomic E-state index is 12.6. The Morgan fingerprint density at radius 2 is 1.83 bits per heavy atom. The highest BCUT2D eigenvalue weighted by molar-refractivity contribution is 6.76. The van der Waals surface area contributed by atoms with E-state index in [1.165, 1.54) is 0 Å². The van der Waals surface area contributed by atoms with E-state index in [1.807, 2.05) is 7.11 Å². The van der Waals surface area contributed by atoms with Crippen LogP contribution in [0, 0.1) is 5.41 Å². The molecule has 6 heteroatoms. The smallest absolute Gasteiger partial charge is 0.333 e. The average molecular weight is 440 g/mol. The Hall–Kier alpha value is -0.853. The fourth-order valence-corrected chi connectivity index (χ4v) is 5.62. The van der Waals surface area contributed by atoms with Gasteiger partial charge in [0, 0.05) is 39.8 Å². The molecule has 1 fully saturated rings. The van der Waals surface area contributed by atoms with Gasteiger partial charge in [-0.15, -0.1) is 0 Å². The third kappa shape index (κ3) is 5.68. The first kappa shape index (κ1) is 25.4. The molecule has 0 aromatic carbocycles. The highest BCUT2D eigenvalue weighted by atomic mass is 28.3. The molecule has 2 rings (SSSR count). The number of methoxy groups -OCH3 is 1. The fraction of sp³-hybridized carbons (Fsp3) is 0.875. The zero-order valence-electron chi connectivity index (χ0n) is 20.8. The molecule has 5 nitrogen and oxygen atoms in total. The number of carbonyl (C=O) groups is 1. The van der Waals surface area contributed by atoms with Crippen molar-refractivity contribution in [3.8, 4) is 0 Å². The molecule has 0 amide bonds. The van der Waals surface area contributed by atoms with Crippen molar-refractivity contribution in [2.24, 2.45) is 5.41 Å². The topological polar surface area (TPSA) is 48.0 Å². The van der Waals surface area contributed by atoms with E-state index in [4.69, 9.17) is 14.2 Å². The van der Waals surface area contributed by atoms with E-state index >= 15 is 0 Å². The summed E-state index contributed by atoms with van der Waals surface area (Å²) in [7, 11) is 0.603. The quantitative estimate of drug-likeness (QED) is 0.363. The van der Waals surface area contributed by atoms with Crippen LogP contribution in [0.5, 0.6) is 0 Å². The molecule has 0 bridgehead atoms. The van der Waals surface area contributed by atoms with E-state index in [9.17, 15) is 4.79 Å². The molecule has 3 atom stereocenters. The van der Waals surface area contributed by atoms with E-state index in [2.05, 4.69) is 59.2 Å². The number of rotatable bonds is 9. The number of carbonyl (C=O) groups excluding carboxylic acids is 1. The van der Waals surface area contributed by atoms with Crippen molar-refractivity contribution in [3.05, 3.63) is 11.8 Å². The molecule has 1 saturated heterocycles. The molecule has 2 aliphatic rings. The predicted octanol–water partition coefficient (Wildman–Crippen LogP) is 5.23. The van der Waals surface area contributed by atoms with E-state index in [0.29, 0.717) is 6.61 Å². The normalized spacial score (nSPS) is 26.0. The standard InChI is InChI=1S/C24H45NO4Si/c1-10-24(11-2,27-6)19-13-12-14-25(19)18-17-20(26)29-22(23(3,4)5)21(18)28-15-16-30(7,8)9/h17,19,21-22H,10-16H2,1-9H3/t19-,21+,22-/m0/s1. The summed E-state index contributed by atoms with van der Waals surface area (Å²) in [5, 5.41) is 0. The van der Waals surface area contributed by atoms with E-state index in [-0.39, 0.29) is 35.2 Å². The Balaban J connectivity index is 2.40. The van der Waals surface area contributed by atoms with Gasteiger partial charge >= 0.3 is 5.97 Å². The summed E-state index contributed by atoms with van der Waals surface area (Å²) in [6, 6.07) is 1.34. The SMILES string of the molecule is CCC(CC)(OC)[C@@H]1CCCN1C1=CC(=O)O[C@H](C(C)(C)C)[C@@H]1OCC[Si](C)(C)C. The van der Waals surface area contributed by atoms with Crippen LogP contribution >= 0.6 is 0 Å². The number of hydrogen-bond acceptors (Lipinski definition) is 5. The van der Waals surface area contributed by atoms with Gasteiger partial charge in [-0.05, 0) is 31.7 Å². The van der Waals surface area contributed by atoms with Gasteiger partial charge in [-0.25, -0.2) is 4.79 Å². The zero-order valence-corrected chi connectivity index (χ0v) is 21.8. The second-order valence-corrected chi connectivity index (χ2v) is 16.8. The molecule has 2 heterocycles. The van der Waals surface area contributed by atoms with Crippen LogP contribution in [0.1, 0.15) is 60.3 Å². The molecular formula is C24H45NO4Si. The molecular weight excluding hydrogens is 394 g/mol. The highest BCUT2D eigenvalue weighted by Crippen LogP contribution is 2.41. The number of hydrogen-bond donors (Lipinski definition) is 0. The number of cyclic esters (lactones) is 1. The van der Waals surface area contributed by atoms with Crippen LogP contribution in [-0.4, -0.2) is 63.1 Å². The highest BCUT2D eigenvalue weighted by Gasteiger charge is 2.49. The lowest BCUT2D eigenvalue weighted by atomic mass is 9.82. The minimum Gasteiger partial charge on any atom is -0.455 e. The largest absolute Gasteiger partial charge is 0.455 e. The van der Waals surface area contributed by atoms with Crippen LogP contribution in [0.15, 0.2) is 11.8 Å². The van der Waals surface area contributed by atoms with Crippen LogP contribution in [0.2, 0.25) is 25.7 Å². The summed E-state index contributed by atoms with van der Waals surface area (Å²) in [6.07, 6.45) is 5.22. The lowest BCUT2D eigenvalue weighted by molar-refractivity contribution is -0.166. The van der Waals surface area contributed by atoms with Gasteiger partial charge in [0.25, 0.3) is 0 Å². The Bertz CT molecular complexity index is 607. The van der Waals surface area contributed by atoms with Crippen LogP contribution in [0.25, 0.3) is 0 Å². The summed E-state index contributed by atoms with van der Waals surface area (Å²) in [6.45, 7) is 19.5.